The molecule has 5 nitrogen and oxygen atoms in total. The predicted molar refractivity (Wildman–Crippen MR) is 80.1 cm³/mol. The number of nitrogens with two attached hydrogens (primary N) is 1. The second-order valence-corrected chi connectivity index (χ2v) is 7.28. The van der Waals surface area contributed by atoms with E-state index in [0.29, 0.717) is 6.54 Å². The molecule has 0 saturated carbocycles. The molecule has 0 aliphatic rings. The Labute approximate surface area is 120 Å². The fourth-order valence-corrected chi connectivity index (χ4v) is 2.48. The lowest BCUT2D eigenvalue weighted by Crippen LogP contribution is -2.43. The summed E-state index contributed by atoms with van der Waals surface area (Å²) in [5.41, 5.74) is 6.89. The van der Waals surface area contributed by atoms with Crippen LogP contribution in [0.2, 0.25) is 0 Å². The lowest BCUT2D eigenvalue weighted by Gasteiger charge is -2.21. The molecule has 1 rings (SSSR count). The van der Waals surface area contributed by atoms with Crippen LogP contribution in [0.3, 0.4) is 0 Å². The van der Waals surface area contributed by atoms with Gasteiger partial charge < -0.3 is 10.6 Å². The van der Waals surface area contributed by atoms with Crippen LogP contribution in [0.25, 0.3) is 0 Å². The van der Waals surface area contributed by atoms with Crippen molar-refractivity contribution in [2.75, 3.05) is 25.6 Å². The van der Waals surface area contributed by atoms with E-state index in [2.05, 4.69) is 0 Å². The van der Waals surface area contributed by atoms with Crippen molar-refractivity contribution in [2.24, 2.45) is 5.73 Å². The maximum absolute atomic E-state index is 12.0. The molecule has 0 radical (unpaired) electrons. The second kappa shape index (κ2) is 7.40. The first-order valence-electron chi connectivity index (χ1n) is 6.52. The van der Waals surface area contributed by atoms with E-state index in [1.807, 2.05) is 30.3 Å². The highest BCUT2D eigenvalue weighted by atomic mass is 32.2. The number of sulfone groups is 1. The van der Waals surface area contributed by atoms with Crippen molar-refractivity contribution in [2.45, 2.75) is 18.9 Å². The Kier molecular flexibility index (Phi) is 6.16. The lowest BCUT2D eigenvalue weighted by atomic mass is 10.1. The van der Waals surface area contributed by atoms with Crippen LogP contribution in [0.4, 0.5) is 0 Å². The van der Waals surface area contributed by atoms with Crippen LogP contribution < -0.4 is 5.73 Å². The van der Waals surface area contributed by atoms with Crippen molar-refractivity contribution < 1.29 is 13.2 Å². The summed E-state index contributed by atoms with van der Waals surface area (Å²) < 4.78 is 22.1. The molecule has 1 aromatic carbocycles. The van der Waals surface area contributed by atoms with Crippen LogP contribution in [-0.4, -0.2) is 50.9 Å². The van der Waals surface area contributed by atoms with Crippen molar-refractivity contribution >= 4 is 15.7 Å². The molecule has 0 aliphatic heterocycles. The van der Waals surface area contributed by atoms with Gasteiger partial charge in [0, 0.05) is 19.8 Å². The van der Waals surface area contributed by atoms with Crippen LogP contribution in [-0.2, 0) is 21.1 Å². The summed E-state index contributed by atoms with van der Waals surface area (Å²) in [7, 11) is -1.40. The third-order valence-corrected chi connectivity index (χ3v) is 4.05. The largest absolute Gasteiger partial charge is 0.344 e. The molecule has 0 aromatic heterocycles. The topological polar surface area (TPSA) is 80.5 Å². The normalized spacial score (nSPS) is 12.9. The molecular weight excluding hydrogens is 276 g/mol. The average molecular weight is 298 g/mol. The van der Waals surface area contributed by atoms with E-state index < -0.39 is 15.9 Å². The van der Waals surface area contributed by atoms with Gasteiger partial charge in [-0.15, -0.1) is 0 Å². The van der Waals surface area contributed by atoms with Gasteiger partial charge in [0.2, 0.25) is 5.91 Å². The van der Waals surface area contributed by atoms with Crippen LogP contribution in [0, 0.1) is 0 Å². The van der Waals surface area contributed by atoms with Crippen molar-refractivity contribution in [1.82, 2.24) is 4.90 Å². The number of nitrogens with zero attached hydrogens (tertiary/aromatic N) is 1. The molecular formula is C14H22N2O3S. The van der Waals surface area contributed by atoms with E-state index in [4.69, 9.17) is 5.73 Å². The van der Waals surface area contributed by atoms with Gasteiger partial charge in [0.25, 0.3) is 0 Å². The lowest BCUT2D eigenvalue weighted by molar-refractivity contribution is -0.131. The van der Waals surface area contributed by atoms with Gasteiger partial charge in [-0.05, 0) is 18.4 Å². The van der Waals surface area contributed by atoms with Gasteiger partial charge >= 0.3 is 0 Å². The van der Waals surface area contributed by atoms with Crippen molar-refractivity contribution in [3.8, 4) is 0 Å². The zero-order valence-corrected chi connectivity index (χ0v) is 12.8. The molecule has 0 saturated heterocycles. The number of amides is 1. The van der Waals surface area contributed by atoms with Crippen LogP contribution in [0.15, 0.2) is 30.3 Å². The number of carbonyl (C=O) groups is 1. The molecule has 6 heteroatoms. The highest BCUT2D eigenvalue weighted by Crippen LogP contribution is 2.03. The fourth-order valence-electron chi connectivity index (χ4n) is 1.80. The monoisotopic (exact) mass is 298 g/mol. The number of hydrogen-bond acceptors (Lipinski definition) is 4. The Morgan fingerprint density at radius 3 is 2.45 bits per heavy atom. The van der Waals surface area contributed by atoms with E-state index in [9.17, 15) is 13.2 Å². The van der Waals surface area contributed by atoms with E-state index in [0.717, 1.165) is 18.2 Å². The Hall–Kier alpha value is -1.40. The van der Waals surface area contributed by atoms with Crippen molar-refractivity contribution in [3.05, 3.63) is 35.9 Å². The Morgan fingerprint density at radius 1 is 1.30 bits per heavy atom. The predicted octanol–water partition coefficient (Wildman–Crippen LogP) is 0.450. The summed E-state index contributed by atoms with van der Waals surface area (Å²) in [5, 5.41) is 0. The molecule has 0 heterocycles. The van der Waals surface area contributed by atoms with Crippen LogP contribution >= 0.6 is 0 Å². The maximum atomic E-state index is 12.0. The summed E-state index contributed by atoms with van der Waals surface area (Å²) in [6, 6.07) is 9.10. The van der Waals surface area contributed by atoms with E-state index in [-0.39, 0.29) is 18.1 Å². The summed E-state index contributed by atoms with van der Waals surface area (Å²) in [5.74, 6) is -0.281. The number of hydrogen-bond donors (Lipinski definition) is 1. The molecule has 20 heavy (non-hydrogen) atoms. The first-order valence-corrected chi connectivity index (χ1v) is 8.58. The molecule has 0 spiro atoms. The number of likely N-dealkylation sites (N-methyl/N-ethyl adjacent to an activating group) is 1. The highest BCUT2D eigenvalue weighted by Gasteiger charge is 2.19. The fraction of sp³-hybridized carbons (Fsp3) is 0.500. The van der Waals surface area contributed by atoms with Crippen LogP contribution in [0.1, 0.15) is 12.0 Å². The van der Waals surface area contributed by atoms with Gasteiger partial charge in [0.05, 0.1) is 11.8 Å². The summed E-state index contributed by atoms with van der Waals surface area (Å²) >= 11 is 0. The van der Waals surface area contributed by atoms with Gasteiger partial charge in [0.15, 0.2) is 0 Å². The van der Waals surface area contributed by atoms with E-state index >= 15 is 0 Å². The molecule has 1 atom stereocenters. The third-order valence-electron chi connectivity index (χ3n) is 3.07. The smallest absolute Gasteiger partial charge is 0.239 e. The second-order valence-electron chi connectivity index (χ2n) is 5.02. The Bertz CT molecular complexity index is 529. The molecule has 1 aromatic rings. The zero-order valence-electron chi connectivity index (χ0n) is 12.0. The van der Waals surface area contributed by atoms with Crippen molar-refractivity contribution in [1.29, 1.82) is 0 Å². The first kappa shape index (κ1) is 16.7. The van der Waals surface area contributed by atoms with Gasteiger partial charge in [-0.3, -0.25) is 4.79 Å². The minimum Gasteiger partial charge on any atom is -0.344 e. The molecule has 0 bridgehead atoms. The van der Waals surface area contributed by atoms with Gasteiger partial charge in [-0.1, -0.05) is 30.3 Å². The summed E-state index contributed by atoms with van der Waals surface area (Å²) in [6.45, 7) is 0.565. The zero-order chi connectivity index (χ0) is 15.2. The average Bonchev–Trinajstić information content (AvgIpc) is 2.41. The SMILES string of the molecule is CN(CCc1ccccc1)C(=O)C(N)CCS(C)(=O)=O. The third kappa shape index (κ3) is 6.16. The standard InChI is InChI=1S/C14H22N2O3S/c1-16(10-8-12-6-4-3-5-7-12)14(17)13(15)9-11-20(2,18)19/h3-7,13H,8-11,15H2,1-2H3. The Balaban J connectivity index is 2.42. The summed E-state index contributed by atoms with van der Waals surface area (Å²) in [4.78, 5) is 13.5. The molecule has 112 valence electrons. The highest BCUT2D eigenvalue weighted by molar-refractivity contribution is 7.90. The molecule has 0 aliphatic carbocycles. The minimum absolute atomic E-state index is 0.0631. The van der Waals surface area contributed by atoms with Crippen LogP contribution in [0.5, 0.6) is 0 Å². The summed E-state index contributed by atoms with van der Waals surface area (Å²) in [6.07, 6.45) is 2.05. The van der Waals surface area contributed by atoms with E-state index in [1.54, 1.807) is 11.9 Å². The quantitative estimate of drug-likeness (QED) is 0.792. The first-order chi connectivity index (χ1) is 9.29. The molecule has 1 amide bonds. The number of rotatable bonds is 7. The maximum Gasteiger partial charge on any atom is 0.239 e. The molecule has 1 unspecified atom stereocenters. The Morgan fingerprint density at radius 2 is 1.90 bits per heavy atom. The van der Waals surface area contributed by atoms with E-state index in [1.165, 1.54) is 0 Å². The van der Waals surface area contributed by atoms with Gasteiger partial charge in [-0.2, -0.15) is 0 Å². The molecule has 2 N–H and O–H groups in total. The van der Waals surface area contributed by atoms with Gasteiger partial charge in [0.1, 0.15) is 9.84 Å². The van der Waals surface area contributed by atoms with Crippen molar-refractivity contribution in [3.63, 3.8) is 0 Å². The molecule has 0 fully saturated rings. The van der Waals surface area contributed by atoms with Gasteiger partial charge in [-0.25, -0.2) is 8.42 Å². The number of carbonyl (C=O) groups excluding carboxylic acids is 1. The number of benzene rings is 1. The minimum atomic E-state index is -3.08.